The van der Waals surface area contributed by atoms with Crippen LogP contribution in [0.15, 0.2) is 114 Å². The van der Waals surface area contributed by atoms with Crippen LogP contribution in [0, 0.1) is 6.92 Å². The van der Waals surface area contributed by atoms with Gasteiger partial charge in [-0.15, -0.1) is 0 Å². The molecule has 5 aromatic rings. The Morgan fingerprint density at radius 3 is 2.15 bits per heavy atom. The van der Waals surface area contributed by atoms with E-state index >= 15 is 0 Å². The number of aromatic nitrogens is 2. The third kappa shape index (κ3) is 4.46. The van der Waals surface area contributed by atoms with Crippen LogP contribution < -0.4 is 0 Å². The second-order valence-electron chi connectivity index (χ2n) is 7.76. The molecule has 160 valence electrons. The summed E-state index contributed by atoms with van der Waals surface area (Å²) in [5.74, 6) is 1.41. The van der Waals surface area contributed by atoms with E-state index in [-0.39, 0.29) is 5.78 Å². The van der Waals surface area contributed by atoms with Crippen LogP contribution in [-0.4, -0.2) is 15.6 Å². The lowest BCUT2D eigenvalue weighted by Crippen LogP contribution is -1.94. The molecule has 5 rings (SSSR count). The van der Waals surface area contributed by atoms with Crippen LogP contribution in [0.1, 0.15) is 21.7 Å². The van der Waals surface area contributed by atoms with E-state index in [1.54, 1.807) is 16.8 Å². The number of rotatable bonds is 6. The fourth-order valence-electron chi connectivity index (χ4n) is 3.69. The largest absolute Gasteiger partial charge is 0.460 e. The molecule has 0 fully saturated rings. The lowest BCUT2D eigenvalue weighted by molar-refractivity contribution is 0.104. The molecule has 0 aliphatic carbocycles. The molecule has 3 aromatic carbocycles. The van der Waals surface area contributed by atoms with E-state index in [1.165, 1.54) is 0 Å². The van der Waals surface area contributed by atoms with Gasteiger partial charge < -0.3 is 4.42 Å². The van der Waals surface area contributed by atoms with Gasteiger partial charge in [0.15, 0.2) is 11.5 Å². The summed E-state index contributed by atoms with van der Waals surface area (Å²) in [6, 6.07) is 31.4. The van der Waals surface area contributed by atoms with Crippen molar-refractivity contribution in [2.75, 3.05) is 0 Å². The van der Waals surface area contributed by atoms with Gasteiger partial charge in [0.05, 0.1) is 5.69 Å². The summed E-state index contributed by atoms with van der Waals surface area (Å²) < 4.78 is 7.61. The van der Waals surface area contributed by atoms with Gasteiger partial charge in [-0.1, -0.05) is 72.8 Å². The summed E-state index contributed by atoms with van der Waals surface area (Å²) in [4.78, 5) is 12.9. The molecule has 0 bridgehead atoms. The number of benzene rings is 3. The molecule has 2 aromatic heterocycles. The molecule has 4 heteroatoms. The van der Waals surface area contributed by atoms with Crippen LogP contribution in [0.25, 0.3) is 34.3 Å². The van der Waals surface area contributed by atoms with Gasteiger partial charge in [-0.2, -0.15) is 5.10 Å². The molecule has 0 radical (unpaired) electrons. The smallest absolute Gasteiger partial charge is 0.185 e. The fourth-order valence-corrected chi connectivity index (χ4v) is 3.69. The Balaban J connectivity index is 1.43. The van der Waals surface area contributed by atoms with E-state index in [2.05, 4.69) is 12.1 Å². The zero-order valence-corrected chi connectivity index (χ0v) is 18.2. The predicted octanol–water partition coefficient (Wildman–Crippen LogP) is 7.00. The quantitative estimate of drug-likeness (QED) is 0.215. The number of hydrogen-bond acceptors (Lipinski definition) is 3. The fraction of sp³-hybridized carbons (Fsp3) is 0.0345. The Morgan fingerprint density at radius 2 is 1.48 bits per heavy atom. The van der Waals surface area contributed by atoms with E-state index in [0.717, 1.165) is 28.1 Å². The topological polar surface area (TPSA) is 48.0 Å². The number of aryl methyl sites for hydroxylation is 1. The van der Waals surface area contributed by atoms with Crippen LogP contribution in [-0.2, 0) is 0 Å². The van der Waals surface area contributed by atoms with Gasteiger partial charge in [-0.3, -0.25) is 4.79 Å². The molecule has 4 nitrogen and oxygen atoms in total. The normalized spacial score (nSPS) is 11.2. The highest BCUT2D eigenvalue weighted by molar-refractivity contribution is 6.07. The number of carbonyl (C=O) groups excluding carboxylic acids is 1. The number of furan rings is 1. The third-order valence-electron chi connectivity index (χ3n) is 5.43. The third-order valence-corrected chi connectivity index (χ3v) is 5.43. The van der Waals surface area contributed by atoms with Gasteiger partial charge in [0.25, 0.3) is 0 Å². The Morgan fingerprint density at radius 1 is 0.818 bits per heavy atom. The van der Waals surface area contributed by atoms with Crippen molar-refractivity contribution in [3.63, 3.8) is 0 Å². The van der Waals surface area contributed by atoms with Gasteiger partial charge in [0, 0.05) is 17.3 Å². The second-order valence-corrected chi connectivity index (χ2v) is 7.76. The molecule has 2 heterocycles. The number of hydrogen-bond donors (Lipinski definition) is 0. The minimum Gasteiger partial charge on any atom is -0.460 e. The van der Waals surface area contributed by atoms with Crippen LogP contribution in [0.4, 0.5) is 0 Å². The summed E-state index contributed by atoms with van der Waals surface area (Å²) in [5, 5.41) is 4.72. The van der Waals surface area contributed by atoms with Gasteiger partial charge >= 0.3 is 0 Å². The maximum Gasteiger partial charge on any atom is 0.185 e. The molecule has 33 heavy (non-hydrogen) atoms. The van der Waals surface area contributed by atoms with Crippen molar-refractivity contribution in [3.8, 4) is 28.3 Å². The maximum absolute atomic E-state index is 12.9. The molecule has 0 spiro atoms. The molecule has 0 saturated heterocycles. The lowest BCUT2D eigenvalue weighted by atomic mass is 10.0. The van der Waals surface area contributed by atoms with E-state index in [1.807, 2.05) is 98.0 Å². The second kappa shape index (κ2) is 8.97. The lowest BCUT2D eigenvalue weighted by Gasteiger charge is -2.02. The molecular weight excluding hydrogens is 408 g/mol. The van der Waals surface area contributed by atoms with Crippen molar-refractivity contribution >= 4 is 11.9 Å². The van der Waals surface area contributed by atoms with E-state index in [0.29, 0.717) is 17.0 Å². The summed E-state index contributed by atoms with van der Waals surface area (Å²) in [6.07, 6.45) is 5.29. The molecular formula is C29H22N2O2. The summed E-state index contributed by atoms with van der Waals surface area (Å²) in [6.45, 7) is 1.90. The number of nitrogens with zero attached hydrogens (tertiary/aromatic N) is 2. The summed E-state index contributed by atoms with van der Waals surface area (Å²) in [5.41, 5.74) is 5.27. The Hall–Kier alpha value is -4.44. The van der Waals surface area contributed by atoms with Gasteiger partial charge in [-0.25, -0.2) is 4.68 Å². The number of carbonyl (C=O) groups is 1. The van der Waals surface area contributed by atoms with E-state index < -0.39 is 0 Å². The molecule has 0 aliphatic rings. The molecule has 0 saturated carbocycles. The van der Waals surface area contributed by atoms with Gasteiger partial charge in [0.2, 0.25) is 0 Å². The Bertz CT molecular complexity index is 1410. The average molecular weight is 431 g/mol. The Kier molecular flexibility index (Phi) is 5.56. The number of para-hydroxylation sites is 1. The van der Waals surface area contributed by atoms with Crippen LogP contribution >= 0.6 is 0 Å². The van der Waals surface area contributed by atoms with E-state index in [4.69, 9.17) is 9.52 Å². The van der Waals surface area contributed by atoms with Crippen molar-refractivity contribution < 1.29 is 9.21 Å². The predicted molar refractivity (Wildman–Crippen MR) is 131 cm³/mol. The van der Waals surface area contributed by atoms with Crippen LogP contribution in [0.2, 0.25) is 0 Å². The standard InChI is InChI=1S/C29H22N2O2/c1-21-12-19-28(33-21)29-25(20-31(30-29)26-10-6-3-7-11-26)17-18-27(32)24-15-13-23(14-16-24)22-8-4-2-5-9-22/h2-20H,1H3/b18-17+. The van der Waals surface area contributed by atoms with Crippen LogP contribution in [0.5, 0.6) is 0 Å². The maximum atomic E-state index is 12.9. The van der Waals surface area contributed by atoms with Gasteiger partial charge in [0.1, 0.15) is 11.5 Å². The number of ketones is 1. The Labute approximate surface area is 192 Å². The van der Waals surface area contributed by atoms with Crippen molar-refractivity contribution in [3.05, 3.63) is 126 Å². The highest BCUT2D eigenvalue weighted by atomic mass is 16.3. The monoisotopic (exact) mass is 430 g/mol. The van der Waals surface area contributed by atoms with Gasteiger partial charge in [-0.05, 0) is 54.5 Å². The first-order chi connectivity index (χ1) is 16.2. The summed E-state index contributed by atoms with van der Waals surface area (Å²) in [7, 11) is 0. The molecule has 0 N–H and O–H groups in total. The first kappa shape index (κ1) is 20.5. The molecule has 0 aliphatic heterocycles. The zero-order chi connectivity index (χ0) is 22.6. The van der Waals surface area contributed by atoms with Crippen molar-refractivity contribution in [1.29, 1.82) is 0 Å². The SMILES string of the molecule is Cc1ccc(-c2nn(-c3ccccc3)cc2/C=C/C(=O)c2ccc(-c3ccccc3)cc2)o1. The van der Waals surface area contributed by atoms with Crippen molar-refractivity contribution in [2.45, 2.75) is 6.92 Å². The molecule has 0 unspecified atom stereocenters. The minimum atomic E-state index is -0.0661. The van der Waals surface area contributed by atoms with Crippen LogP contribution in [0.3, 0.4) is 0 Å². The molecule has 0 amide bonds. The number of allylic oxidation sites excluding steroid dienone is 1. The molecule has 0 atom stereocenters. The average Bonchev–Trinajstić information content (AvgIpc) is 3.50. The first-order valence-electron chi connectivity index (χ1n) is 10.8. The zero-order valence-electron chi connectivity index (χ0n) is 18.2. The summed E-state index contributed by atoms with van der Waals surface area (Å²) >= 11 is 0. The highest BCUT2D eigenvalue weighted by Gasteiger charge is 2.14. The van der Waals surface area contributed by atoms with Crippen molar-refractivity contribution in [1.82, 2.24) is 9.78 Å². The first-order valence-corrected chi connectivity index (χ1v) is 10.8. The van der Waals surface area contributed by atoms with E-state index in [9.17, 15) is 4.79 Å². The van der Waals surface area contributed by atoms with Crippen molar-refractivity contribution in [2.24, 2.45) is 0 Å². The minimum absolute atomic E-state index is 0.0661. The highest BCUT2D eigenvalue weighted by Crippen LogP contribution is 2.27.